The Morgan fingerprint density at radius 3 is 2.56 bits per heavy atom. The fourth-order valence-corrected chi connectivity index (χ4v) is 4.19. The number of hydrogen-bond acceptors (Lipinski definition) is 4. The van der Waals surface area contributed by atoms with Crippen molar-refractivity contribution in [1.29, 1.82) is 0 Å². The number of nitrogens with two attached hydrogens (primary N) is 1. The third-order valence-electron chi connectivity index (χ3n) is 2.49. The van der Waals surface area contributed by atoms with E-state index in [1.54, 1.807) is 11.4 Å². The van der Waals surface area contributed by atoms with Crippen LogP contribution in [-0.4, -0.2) is 14.5 Å². The molecule has 1 rings (SSSR count). The predicted octanol–water partition coefficient (Wildman–Crippen LogP) is 1.67. The predicted molar refractivity (Wildman–Crippen MR) is 66.9 cm³/mol. The maximum atomic E-state index is 12.0. The van der Waals surface area contributed by atoms with E-state index in [4.69, 9.17) is 5.73 Å². The van der Waals surface area contributed by atoms with Crippen molar-refractivity contribution in [2.24, 2.45) is 5.73 Å². The molecule has 3 N–H and O–H groups in total. The van der Waals surface area contributed by atoms with Crippen LogP contribution < -0.4 is 10.5 Å². The smallest absolute Gasteiger partial charge is 0.241 e. The maximum Gasteiger partial charge on any atom is 0.241 e. The van der Waals surface area contributed by atoms with Crippen LogP contribution in [0.15, 0.2) is 16.3 Å². The highest BCUT2D eigenvalue weighted by molar-refractivity contribution is 7.89. The van der Waals surface area contributed by atoms with Gasteiger partial charge in [-0.15, -0.1) is 11.3 Å². The number of rotatable bonds is 6. The Morgan fingerprint density at radius 2 is 2.06 bits per heavy atom. The van der Waals surface area contributed by atoms with Crippen LogP contribution in [-0.2, 0) is 16.6 Å². The van der Waals surface area contributed by atoms with Crippen molar-refractivity contribution in [3.8, 4) is 0 Å². The Morgan fingerprint density at radius 1 is 1.44 bits per heavy atom. The molecule has 92 valence electrons. The third-order valence-corrected chi connectivity index (χ3v) is 5.16. The van der Waals surface area contributed by atoms with Crippen LogP contribution in [0.5, 0.6) is 0 Å². The summed E-state index contributed by atoms with van der Waals surface area (Å²) in [6.45, 7) is 4.19. The molecule has 0 aliphatic carbocycles. The summed E-state index contributed by atoms with van der Waals surface area (Å²) in [7, 11) is -3.40. The zero-order chi connectivity index (χ0) is 12.2. The Labute approximate surface area is 101 Å². The van der Waals surface area contributed by atoms with Crippen LogP contribution in [0.25, 0.3) is 0 Å². The largest absolute Gasteiger partial charge is 0.326 e. The molecule has 0 aliphatic heterocycles. The van der Waals surface area contributed by atoms with E-state index in [0.717, 1.165) is 12.8 Å². The van der Waals surface area contributed by atoms with Crippen molar-refractivity contribution < 1.29 is 8.42 Å². The highest BCUT2D eigenvalue weighted by atomic mass is 32.2. The van der Waals surface area contributed by atoms with Gasteiger partial charge in [0.05, 0.1) is 4.90 Å². The number of thiophene rings is 1. The first-order valence-electron chi connectivity index (χ1n) is 5.33. The van der Waals surface area contributed by atoms with E-state index in [1.165, 1.54) is 11.3 Å². The van der Waals surface area contributed by atoms with Gasteiger partial charge in [0.15, 0.2) is 0 Å². The molecular formula is C10H18N2O2S2. The van der Waals surface area contributed by atoms with Crippen molar-refractivity contribution in [3.05, 3.63) is 16.3 Å². The lowest BCUT2D eigenvalue weighted by Crippen LogP contribution is -2.34. The molecule has 0 atom stereocenters. The molecule has 1 heterocycles. The fraction of sp³-hybridized carbons (Fsp3) is 0.600. The Balaban J connectivity index is 2.94. The molecule has 0 saturated heterocycles. The van der Waals surface area contributed by atoms with Crippen molar-refractivity contribution >= 4 is 21.4 Å². The number of hydrogen-bond donors (Lipinski definition) is 2. The second-order valence-electron chi connectivity index (χ2n) is 3.55. The van der Waals surface area contributed by atoms with E-state index in [0.29, 0.717) is 9.77 Å². The minimum atomic E-state index is -3.40. The molecule has 0 aromatic carbocycles. The van der Waals surface area contributed by atoms with Crippen molar-refractivity contribution in [2.45, 2.75) is 44.2 Å². The molecule has 4 nitrogen and oxygen atoms in total. The van der Waals surface area contributed by atoms with Gasteiger partial charge in [-0.3, -0.25) is 0 Å². The normalized spacial score (nSPS) is 12.2. The van der Waals surface area contributed by atoms with Crippen molar-refractivity contribution in [3.63, 3.8) is 0 Å². The van der Waals surface area contributed by atoms with Gasteiger partial charge in [0, 0.05) is 17.5 Å². The van der Waals surface area contributed by atoms with Gasteiger partial charge in [-0.1, -0.05) is 13.8 Å². The van der Waals surface area contributed by atoms with E-state index >= 15 is 0 Å². The van der Waals surface area contributed by atoms with Crippen molar-refractivity contribution in [1.82, 2.24) is 4.72 Å². The second kappa shape index (κ2) is 5.77. The lowest BCUT2D eigenvalue weighted by molar-refractivity contribution is 0.530. The first-order chi connectivity index (χ1) is 7.55. The van der Waals surface area contributed by atoms with E-state index in [-0.39, 0.29) is 12.6 Å². The van der Waals surface area contributed by atoms with Crippen LogP contribution in [0.3, 0.4) is 0 Å². The molecule has 16 heavy (non-hydrogen) atoms. The second-order valence-corrected chi connectivity index (χ2v) is 6.23. The molecule has 0 aliphatic rings. The van der Waals surface area contributed by atoms with Crippen LogP contribution in [0.2, 0.25) is 0 Å². The minimum absolute atomic E-state index is 0.00414. The molecule has 0 amide bonds. The minimum Gasteiger partial charge on any atom is -0.326 e. The average Bonchev–Trinajstić information content (AvgIpc) is 2.74. The monoisotopic (exact) mass is 262 g/mol. The third kappa shape index (κ3) is 3.04. The summed E-state index contributed by atoms with van der Waals surface area (Å²) in [6, 6.07) is 1.60. The molecule has 1 aromatic heterocycles. The SMILES string of the molecule is CCC(CC)NS(=O)(=O)c1ccsc1CN. The molecule has 0 spiro atoms. The summed E-state index contributed by atoms with van der Waals surface area (Å²) < 4.78 is 26.8. The highest BCUT2D eigenvalue weighted by Gasteiger charge is 2.21. The first kappa shape index (κ1) is 13.6. The molecule has 1 aromatic rings. The molecule has 6 heteroatoms. The van der Waals surface area contributed by atoms with Gasteiger partial charge in [0.2, 0.25) is 10.0 Å². The zero-order valence-corrected chi connectivity index (χ0v) is 11.2. The summed E-state index contributed by atoms with van der Waals surface area (Å²) in [5, 5.41) is 1.75. The molecule has 0 unspecified atom stereocenters. The highest BCUT2D eigenvalue weighted by Crippen LogP contribution is 2.21. The summed E-state index contributed by atoms with van der Waals surface area (Å²) in [6.07, 6.45) is 1.58. The van der Waals surface area contributed by atoms with E-state index in [2.05, 4.69) is 4.72 Å². The van der Waals surface area contributed by atoms with Crippen LogP contribution in [0, 0.1) is 0 Å². The Bertz CT molecular complexity index is 422. The van der Waals surface area contributed by atoms with Crippen LogP contribution in [0.1, 0.15) is 31.6 Å². The molecule has 0 saturated carbocycles. The molecular weight excluding hydrogens is 244 g/mol. The van der Waals surface area contributed by atoms with Crippen molar-refractivity contribution in [2.75, 3.05) is 0 Å². The van der Waals surface area contributed by atoms with Crippen LogP contribution >= 0.6 is 11.3 Å². The van der Waals surface area contributed by atoms with Gasteiger partial charge in [-0.05, 0) is 24.3 Å². The van der Waals surface area contributed by atoms with Gasteiger partial charge in [-0.25, -0.2) is 13.1 Å². The lowest BCUT2D eigenvalue weighted by Gasteiger charge is -2.14. The first-order valence-corrected chi connectivity index (χ1v) is 7.70. The van der Waals surface area contributed by atoms with Gasteiger partial charge < -0.3 is 5.73 Å². The van der Waals surface area contributed by atoms with E-state index in [1.807, 2.05) is 13.8 Å². The molecule has 0 bridgehead atoms. The summed E-state index contributed by atoms with van der Waals surface area (Å²) in [5.74, 6) is 0. The number of sulfonamides is 1. The van der Waals surface area contributed by atoms with Gasteiger partial charge in [0.1, 0.15) is 0 Å². The van der Waals surface area contributed by atoms with Gasteiger partial charge in [0.25, 0.3) is 0 Å². The summed E-state index contributed by atoms with van der Waals surface area (Å²) in [5.41, 5.74) is 5.51. The number of nitrogens with one attached hydrogen (secondary N) is 1. The van der Waals surface area contributed by atoms with Gasteiger partial charge in [-0.2, -0.15) is 0 Å². The van der Waals surface area contributed by atoms with E-state index in [9.17, 15) is 8.42 Å². The fourth-order valence-electron chi connectivity index (χ4n) is 1.46. The quantitative estimate of drug-likeness (QED) is 0.819. The van der Waals surface area contributed by atoms with E-state index < -0.39 is 10.0 Å². The average molecular weight is 262 g/mol. The zero-order valence-electron chi connectivity index (χ0n) is 9.56. The van der Waals surface area contributed by atoms with Crippen LogP contribution in [0.4, 0.5) is 0 Å². The van der Waals surface area contributed by atoms with Gasteiger partial charge >= 0.3 is 0 Å². The molecule has 0 fully saturated rings. The standard InChI is InChI=1S/C10H18N2O2S2/c1-3-8(4-2)12-16(13,14)10-5-6-15-9(10)7-11/h5-6,8,12H,3-4,7,11H2,1-2H3. The summed E-state index contributed by atoms with van der Waals surface area (Å²) >= 11 is 1.37. The molecule has 0 radical (unpaired) electrons. The lowest BCUT2D eigenvalue weighted by atomic mass is 10.2. The topological polar surface area (TPSA) is 72.2 Å². The Kier molecular flexibility index (Phi) is 4.91. The Hall–Kier alpha value is -0.430. The summed E-state index contributed by atoms with van der Waals surface area (Å²) in [4.78, 5) is 1.03. The maximum absolute atomic E-state index is 12.0.